The molecule has 1 rings (SSSR count). The minimum atomic E-state index is -0.227. The van der Waals surface area contributed by atoms with Gasteiger partial charge in [0.25, 0.3) is 0 Å². The molecule has 0 aromatic heterocycles. The fourth-order valence-electron chi connectivity index (χ4n) is 1.04. The first-order valence-electron chi connectivity index (χ1n) is 3.94. The van der Waals surface area contributed by atoms with Gasteiger partial charge in [-0.05, 0) is 17.7 Å². The van der Waals surface area contributed by atoms with Crippen LogP contribution in [0.25, 0.3) is 0 Å². The van der Waals surface area contributed by atoms with Crippen LogP contribution in [0.15, 0.2) is 30.9 Å². The summed E-state index contributed by atoms with van der Waals surface area (Å²) in [5.41, 5.74) is 6.58. The summed E-state index contributed by atoms with van der Waals surface area (Å²) in [5.74, 6) is 0.539. The molecule has 70 valence electrons. The van der Waals surface area contributed by atoms with Crippen LogP contribution < -0.4 is 10.5 Å². The van der Waals surface area contributed by atoms with Gasteiger partial charge in [-0.25, -0.2) is 0 Å². The third-order valence-corrected chi connectivity index (χ3v) is 1.84. The van der Waals surface area contributed by atoms with E-state index in [0.29, 0.717) is 5.75 Å². The molecule has 0 saturated carbocycles. The molecule has 0 amide bonds. The van der Waals surface area contributed by atoms with Crippen LogP contribution in [0.3, 0.4) is 0 Å². The number of rotatable bonds is 3. The van der Waals surface area contributed by atoms with E-state index in [1.807, 2.05) is 0 Å². The van der Waals surface area contributed by atoms with Crippen molar-refractivity contribution in [1.82, 2.24) is 0 Å². The highest BCUT2D eigenvalue weighted by Gasteiger charge is 2.05. The summed E-state index contributed by atoms with van der Waals surface area (Å²) < 4.78 is 4.94. The average molecular weight is 179 g/mol. The molecule has 0 spiro atoms. The molecule has 0 unspecified atom stereocenters. The molecule has 0 saturated heterocycles. The summed E-state index contributed by atoms with van der Waals surface area (Å²) in [7, 11) is 1.50. The molecule has 13 heavy (non-hydrogen) atoms. The van der Waals surface area contributed by atoms with E-state index in [4.69, 9.17) is 10.5 Å². The highest BCUT2D eigenvalue weighted by molar-refractivity contribution is 5.43. The topological polar surface area (TPSA) is 55.5 Å². The van der Waals surface area contributed by atoms with Gasteiger partial charge < -0.3 is 15.6 Å². The zero-order valence-electron chi connectivity index (χ0n) is 7.53. The van der Waals surface area contributed by atoms with E-state index in [0.717, 1.165) is 5.56 Å². The molecule has 3 heteroatoms. The highest BCUT2D eigenvalue weighted by Crippen LogP contribution is 2.28. The van der Waals surface area contributed by atoms with Crippen LogP contribution in [-0.4, -0.2) is 12.2 Å². The Labute approximate surface area is 77.4 Å². The van der Waals surface area contributed by atoms with E-state index < -0.39 is 0 Å². The fraction of sp³-hybridized carbons (Fsp3) is 0.200. The van der Waals surface area contributed by atoms with Gasteiger partial charge in [-0.1, -0.05) is 12.1 Å². The number of aromatic hydroxyl groups is 1. The standard InChI is InChI=1S/C10H13NO2/c1-3-8(11)7-4-5-9(12)10(6-7)13-2/h3-6,8,12H,1,11H2,2H3/t8-/m1/s1. The van der Waals surface area contributed by atoms with Crippen molar-refractivity contribution in [1.29, 1.82) is 0 Å². The maximum absolute atomic E-state index is 9.30. The Morgan fingerprint density at radius 3 is 2.85 bits per heavy atom. The third-order valence-electron chi connectivity index (χ3n) is 1.84. The summed E-state index contributed by atoms with van der Waals surface area (Å²) in [6.07, 6.45) is 1.63. The van der Waals surface area contributed by atoms with Crippen molar-refractivity contribution in [3.05, 3.63) is 36.4 Å². The van der Waals surface area contributed by atoms with Crippen molar-refractivity contribution in [3.8, 4) is 11.5 Å². The van der Waals surface area contributed by atoms with E-state index in [9.17, 15) is 5.11 Å². The average Bonchev–Trinajstić information content (AvgIpc) is 2.17. The van der Waals surface area contributed by atoms with Crippen LogP contribution in [0.4, 0.5) is 0 Å². The van der Waals surface area contributed by atoms with Crippen LogP contribution in [-0.2, 0) is 0 Å². The smallest absolute Gasteiger partial charge is 0.160 e. The summed E-state index contributed by atoms with van der Waals surface area (Å²) in [6, 6.07) is 4.76. The van der Waals surface area contributed by atoms with Gasteiger partial charge in [0.1, 0.15) is 0 Å². The minimum absolute atomic E-state index is 0.113. The fourth-order valence-corrected chi connectivity index (χ4v) is 1.04. The molecule has 0 aliphatic carbocycles. The molecule has 1 aromatic carbocycles. The molecule has 1 atom stereocenters. The van der Waals surface area contributed by atoms with Gasteiger partial charge >= 0.3 is 0 Å². The Hall–Kier alpha value is -1.48. The molecule has 0 heterocycles. The molecule has 0 radical (unpaired) electrons. The van der Waals surface area contributed by atoms with Crippen molar-refractivity contribution in [2.45, 2.75) is 6.04 Å². The van der Waals surface area contributed by atoms with Crippen molar-refractivity contribution in [3.63, 3.8) is 0 Å². The zero-order valence-corrected chi connectivity index (χ0v) is 7.53. The van der Waals surface area contributed by atoms with Gasteiger partial charge in [0.15, 0.2) is 11.5 Å². The second kappa shape index (κ2) is 3.96. The first-order chi connectivity index (χ1) is 6.19. The predicted molar refractivity (Wildman–Crippen MR) is 51.8 cm³/mol. The molecule has 3 N–H and O–H groups in total. The van der Waals surface area contributed by atoms with Crippen molar-refractivity contribution in [2.75, 3.05) is 7.11 Å². The van der Waals surface area contributed by atoms with Crippen molar-refractivity contribution in [2.24, 2.45) is 5.73 Å². The summed E-state index contributed by atoms with van der Waals surface area (Å²) in [6.45, 7) is 3.59. The Kier molecular flexibility index (Phi) is 2.93. The summed E-state index contributed by atoms with van der Waals surface area (Å²) >= 11 is 0. The molecule has 0 fully saturated rings. The van der Waals surface area contributed by atoms with E-state index in [2.05, 4.69) is 6.58 Å². The van der Waals surface area contributed by atoms with Gasteiger partial charge in [-0.15, -0.1) is 6.58 Å². The molecular weight excluding hydrogens is 166 g/mol. The monoisotopic (exact) mass is 179 g/mol. The Balaban J connectivity index is 3.05. The number of hydrogen-bond donors (Lipinski definition) is 2. The molecule has 3 nitrogen and oxygen atoms in total. The van der Waals surface area contributed by atoms with E-state index in [1.165, 1.54) is 7.11 Å². The molecule has 0 aliphatic heterocycles. The number of ether oxygens (including phenoxy) is 1. The maximum Gasteiger partial charge on any atom is 0.160 e. The van der Waals surface area contributed by atoms with Crippen molar-refractivity contribution < 1.29 is 9.84 Å². The van der Waals surface area contributed by atoms with Crippen LogP contribution in [0, 0.1) is 0 Å². The van der Waals surface area contributed by atoms with Crippen LogP contribution in [0.1, 0.15) is 11.6 Å². The molecule has 0 aliphatic rings. The Morgan fingerprint density at radius 2 is 2.31 bits per heavy atom. The number of phenols is 1. The lowest BCUT2D eigenvalue weighted by Gasteiger charge is -2.09. The number of methoxy groups -OCH3 is 1. The van der Waals surface area contributed by atoms with E-state index >= 15 is 0 Å². The zero-order chi connectivity index (χ0) is 9.84. The Morgan fingerprint density at radius 1 is 1.62 bits per heavy atom. The largest absolute Gasteiger partial charge is 0.504 e. The Bertz CT molecular complexity index is 310. The van der Waals surface area contributed by atoms with Gasteiger partial charge in [-0.2, -0.15) is 0 Å². The van der Waals surface area contributed by atoms with Gasteiger partial charge in [0, 0.05) is 6.04 Å². The second-order valence-electron chi connectivity index (χ2n) is 2.69. The van der Waals surface area contributed by atoms with E-state index in [1.54, 1.807) is 24.3 Å². The molecule has 0 bridgehead atoms. The normalized spacial score (nSPS) is 12.2. The third kappa shape index (κ3) is 2.00. The van der Waals surface area contributed by atoms with Crippen LogP contribution in [0.5, 0.6) is 11.5 Å². The second-order valence-corrected chi connectivity index (χ2v) is 2.69. The predicted octanol–water partition coefficient (Wildman–Crippen LogP) is 1.59. The molecule has 1 aromatic rings. The van der Waals surface area contributed by atoms with Crippen LogP contribution in [0.2, 0.25) is 0 Å². The first-order valence-corrected chi connectivity index (χ1v) is 3.94. The lowest BCUT2D eigenvalue weighted by atomic mass is 10.1. The lowest BCUT2D eigenvalue weighted by molar-refractivity contribution is 0.373. The van der Waals surface area contributed by atoms with Crippen LogP contribution >= 0.6 is 0 Å². The molecular formula is C10H13NO2. The number of hydrogen-bond acceptors (Lipinski definition) is 3. The van der Waals surface area contributed by atoms with Gasteiger partial charge in [0.05, 0.1) is 7.11 Å². The summed E-state index contributed by atoms with van der Waals surface area (Å²) in [5, 5.41) is 9.30. The maximum atomic E-state index is 9.30. The number of phenolic OH excluding ortho intramolecular Hbond substituents is 1. The number of benzene rings is 1. The van der Waals surface area contributed by atoms with Gasteiger partial charge in [-0.3, -0.25) is 0 Å². The lowest BCUT2D eigenvalue weighted by Crippen LogP contribution is -2.06. The summed E-state index contributed by atoms with van der Waals surface area (Å²) in [4.78, 5) is 0. The SMILES string of the molecule is C=C[C@@H](N)c1ccc(O)c(OC)c1. The first kappa shape index (κ1) is 9.61. The van der Waals surface area contributed by atoms with E-state index in [-0.39, 0.29) is 11.8 Å². The quantitative estimate of drug-likeness (QED) is 0.693. The van der Waals surface area contributed by atoms with Gasteiger partial charge in [0.2, 0.25) is 0 Å². The highest BCUT2D eigenvalue weighted by atomic mass is 16.5. The number of nitrogens with two attached hydrogens (primary N) is 1. The minimum Gasteiger partial charge on any atom is -0.504 e. The van der Waals surface area contributed by atoms with Crippen molar-refractivity contribution >= 4 is 0 Å².